The number of hydrogen-bond donors (Lipinski definition) is 0. The van der Waals surface area contributed by atoms with Crippen molar-refractivity contribution in [2.24, 2.45) is 0 Å². The highest BCUT2D eigenvalue weighted by molar-refractivity contribution is 7.92. The van der Waals surface area contributed by atoms with Crippen LogP contribution in [0, 0.1) is 5.82 Å². The predicted molar refractivity (Wildman–Crippen MR) is 77.6 cm³/mol. The van der Waals surface area contributed by atoms with E-state index in [0.29, 0.717) is 30.0 Å². The van der Waals surface area contributed by atoms with Crippen LogP contribution in [-0.4, -0.2) is 22.1 Å². The number of fused-ring (bicyclic) bond motifs is 1. The summed E-state index contributed by atoms with van der Waals surface area (Å²) in [5, 5.41) is 0. The Hall–Kier alpha value is -2.08. The van der Waals surface area contributed by atoms with Crippen molar-refractivity contribution in [3.05, 3.63) is 53.8 Å². The molecule has 0 spiro atoms. The van der Waals surface area contributed by atoms with Gasteiger partial charge in [0.1, 0.15) is 11.6 Å². The molecule has 21 heavy (non-hydrogen) atoms. The van der Waals surface area contributed by atoms with Crippen LogP contribution in [0.25, 0.3) is 0 Å². The van der Waals surface area contributed by atoms with Gasteiger partial charge in [-0.25, -0.2) is 12.8 Å². The third kappa shape index (κ3) is 2.35. The molecule has 0 aromatic heterocycles. The first kappa shape index (κ1) is 13.9. The fourth-order valence-corrected chi connectivity index (χ4v) is 3.97. The zero-order valence-corrected chi connectivity index (χ0v) is 12.2. The Morgan fingerprint density at radius 3 is 2.52 bits per heavy atom. The lowest BCUT2D eigenvalue weighted by Crippen LogP contribution is -2.29. The molecular formula is C15H14FNO3S. The van der Waals surface area contributed by atoms with Gasteiger partial charge in [-0.05, 0) is 54.4 Å². The Bertz CT molecular complexity index is 772. The maximum Gasteiger partial charge on any atom is 0.264 e. The zero-order chi connectivity index (χ0) is 15.0. The first-order valence-corrected chi connectivity index (χ1v) is 7.91. The van der Waals surface area contributed by atoms with E-state index >= 15 is 0 Å². The average Bonchev–Trinajstić information content (AvgIpc) is 2.91. The predicted octanol–water partition coefficient (Wildman–Crippen LogP) is 2.59. The van der Waals surface area contributed by atoms with E-state index in [1.165, 1.54) is 41.7 Å². The topological polar surface area (TPSA) is 46.6 Å². The standard InChI is InChI=1S/C15H14FNO3S/c1-20-13-3-5-14(6-4-13)21(18,19)17-9-8-11-10-12(16)2-7-15(11)17/h2-7,10H,8-9H2,1H3. The molecule has 0 N–H and O–H groups in total. The summed E-state index contributed by atoms with van der Waals surface area (Å²) in [4.78, 5) is 0.195. The largest absolute Gasteiger partial charge is 0.497 e. The molecule has 0 fully saturated rings. The summed E-state index contributed by atoms with van der Waals surface area (Å²) in [5.74, 6) is 0.246. The zero-order valence-electron chi connectivity index (χ0n) is 11.4. The molecule has 110 valence electrons. The number of benzene rings is 2. The van der Waals surface area contributed by atoms with Crippen LogP contribution in [-0.2, 0) is 16.4 Å². The lowest BCUT2D eigenvalue weighted by molar-refractivity contribution is 0.414. The lowest BCUT2D eigenvalue weighted by atomic mass is 10.2. The normalized spacial score (nSPS) is 14.1. The Kier molecular flexibility index (Phi) is 3.33. The molecule has 2 aromatic carbocycles. The van der Waals surface area contributed by atoms with Crippen LogP contribution in [0.1, 0.15) is 5.56 Å². The summed E-state index contributed by atoms with van der Waals surface area (Å²) in [5.41, 5.74) is 1.26. The van der Waals surface area contributed by atoms with Gasteiger partial charge in [0.05, 0.1) is 17.7 Å². The third-order valence-electron chi connectivity index (χ3n) is 3.54. The van der Waals surface area contributed by atoms with Crippen LogP contribution >= 0.6 is 0 Å². The minimum atomic E-state index is -3.63. The summed E-state index contributed by atoms with van der Waals surface area (Å²) < 4.78 is 44.9. The molecule has 1 aliphatic rings. The molecule has 3 rings (SSSR count). The maximum atomic E-state index is 13.2. The number of rotatable bonds is 3. The van der Waals surface area contributed by atoms with Crippen LogP contribution in [0.4, 0.5) is 10.1 Å². The second-order valence-electron chi connectivity index (χ2n) is 4.78. The molecule has 6 heteroatoms. The third-order valence-corrected chi connectivity index (χ3v) is 5.37. The van der Waals surface area contributed by atoms with Crippen LogP contribution in [0.3, 0.4) is 0 Å². The van der Waals surface area contributed by atoms with Crippen LogP contribution in [0.5, 0.6) is 5.75 Å². The molecular weight excluding hydrogens is 293 g/mol. The number of nitrogens with zero attached hydrogens (tertiary/aromatic N) is 1. The van der Waals surface area contributed by atoms with Gasteiger partial charge < -0.3 is 4.74 Å². The minimum absolute atomic E-state index is 0.195. The Morgan fingerprint density at radius 2 is 1.86 bits per heavy atom. The smallest absolute Gasteiger partial charge is 0.264 e. The van der Waals surface area contributed by atoms with Gasteiger partial charge in [-0.15, -0.1) is 0 Å². The first-order valence-electron chi connectivity index (χ1n) is 6.47. The minimum Gasteiger partial charge on any atom is -0.497 e. The van der Waals surface area contributed by atoms with E-state index in [2.05, 4.69) is 0 Å². The molecule has 0 amide bonds. The summed E-state index contributed by atoms with van der Waals surface area (Å²) >= 11 is 0. The van der Waals surface area contributed by atoms with E-state index in [4.69, 9.17) is 4.74 Å². The molecule has 0 unspecified atom stereocenters. The summed E-state index contributed by atoms with van der Waals surface area (Å²) in [7, 11) is -2.11. The van der Waals surface area contributed by atoms with Crippen LogP contribution < -0.4 is 9.04 Å². The number of hydrogen-bond acceptors (Lipinski definition) is 3. The van der Waals surface area contributed by atoms with Gasteiger partial charge in [0.25, 0.3) is 10.0 Å². The van der Waals surface area contributed by atoms with E-state index in [-0.39, 0.29) is 10.7 Å². The van der Waals surface area contributed by atoms with Crippen molar-refractivity contribution < 1.29 is 17.5 Å². The SMILES string of the molecule is COc1ccc(S(=O)(=O)N2CCc3cc(F)ccc32)cc1. The van der Waals surface area contributed by atoms with Gasteiger partial charge in [0, 0.05) is 6.54 Å². The highest BCUT2D eigenvalue weighted by atomic mass is 32.2. The van der Waals surface area contributed by atoms with Gasteiger partial charge in [-0.2, -0.15) is 0 Å². The lowest BCUT2D eigenvalue weighted by Gasteiger charge is -2.19. The van der Waals surface area contributed by atoms with Gasteiger partial charge in [-0.1, -0.05) is 0 Å². The molecule has 0 bridgehead atoms. The monoisotopic (exact) mass is 307 g/mol. The molecule has 0 atom stereocenters. The van der Waals surface area contributed by atoms with E-state index in [0.717, 1.165) is 0 Å². The van der Waals surface area contributed by atoms with Gasteiger partial charge in [0.15, 0.2) is 0 Å². The number of sulfonamides is 1. The number of ether oxygens (including phenoxy) is 1. The number of anilines is 1. The number of halogens is 1. The average molecular weight is 307 g/mol. The van der Waals surface area contributed by atoms with Crippen LogP contribution in [0.15, 0.2) is 47.4 Å². The molecule has 4 nitrogen and oxygen atoms in total. The van der Waals surface area contributed by atoms with Crippen molar-refractivity contribution >= 4 is 15.7 Å². The Balaban J connectivity index is 2.00. The van der Waals surface area contributed by atoms with Crippen molar-refractivity contribution in [3.8, 4) is 5.75 Å². The second-order valence-corrected chi connectivity index (χ2v) is 6.64. The fourth-order valence-electron chi connectivity index (χ4n) is 2.46. The van der Waals surface area contributed by atoms with E-state index in [1.54, 1.807) is 12.1 Å². The first-order chi connectivity index (χ1) is 10.0. The molecule has 0 saturated carbocycles. The fraction of sp³-hybridized carbons (Fsp3) is 0.200. The van der Waals surface area contributed by atoms with Gasteiger partial charge in [-0.3, -0.25) is 4.31 Å². The Labute approximate surface area is 122 Å². The summed E-state index contributed by atoms with van der Waals surface area (Å²) in [6.07, 6.45) is 0.516. The molecule has 1 aliphatic heterocycles. The molecule has 0 aliphatic carbocycles. The van der Waals surface area contributed by atoms with Gasteiger partial charge in [0.2, 0.25) is 0 Å². The summed E-state index contributed by atoms with van der Waals surface area (Å²) in [6.45, 7) is 0.327. The summed E-state index contributed by atoms with van der Waals surface area (Å²) in [6, 6.07) is 10.4. The van der Waals surface area contributed by atoms with Crippen molar-refractivity contribution in [2.75, 3.05) is 18.0 Å². The highest BCUT2D eigenvalue weighted by Gasteiger charge is 2.30. The maximum absolute atomic E-state index is 13.2. The quantitative estimate of drug-likeness (QED) is 0.875. The number of methoxy groups -OCH3 is 1. The molecule has 2 aromatic rings. The van der Waals surface area contributed by atoms with E-state index < -0.39 is 10.0 Å². The van der Waals surface area contributed by atoms with E-state index in [9.17, 15) is 12.8 Å². The Morgan fingerprint density at radius 1 is 1.14 bits per heavy atom. The molecule has 0 radical (unpaired) electrons. The molecule has 0 saturated heterocycles. The van der Waals surface area contributed by atoms with Gasteiger partial charge >= 0.3 is 0 Å². The molecule has 1 heterocycles. The van der Waals surface area contributed by atoms with Crippen molar-refractivity contribution in [1.29, 1.82) is 0 Å². The van der Waals surface area contributed by atoms with Crippen molar-refractivity contribution in [2.45, 2.75) is 11.3 Å². The second kappa shape index (κ2) is 5.04. The van der Waals surface area contributed by atoms with Crippen molar-refractivity contribution in [1.82, 2.24) is 0 Å². The van der Waals surface area contributed by atoms with E-state index in [1.807, 2.05) is 0 Å². The van der Waals surface area contributed by atoms with Crippen molar-refractivity contribution in [3.63, 3.8) is 0 Å². The highest BCUT2D eigenvalue weighted by Crippen LogP contribution is 2.33. The van der Waals surface area contributed by atoms with Crippen LogP contribution in [0.2, 0.25) is 0 Å².